The van der Waals surface area contributed by atoms with Gasteiger partial charge in [0.2, 0.25) is 0 Å². The third-order valence-corrected chi connectivity index (χ3v) is 3.42. The number of carboxylic acids is 1. The van der Waals surface area contributed by atoms with Crippen LogP contribution >= 0.6 is 0 Å². The molecule has 0 aliphatic rings. The van der Waals surface area contributed by atoms with E-state index in [1.807, 2.05) is 54.6 Å². The summed E-state index contributed by atoms with van der Waals surface area (Å²) in [4.78, 5) is 11.6. The zero-order valence-electron chi connectivity index (χ0n) is 13.0. The van der Waals surface area contributed by atoms with Crippen molar-refractivity contribution in [2.75, 3.05) is 6.61 Å². The molecule has 0 aliphatic carbocycles. The maximum atomic E-state index is 11.6. The van der Waals surface area contributed by atoms with Crippen molar-refractivity contribution in [3.05, 3.63) is 65.7 Å². The zero-order chi connectivity index (χ0) is 15.9. The lowest BCUT2D eigenvalue weighted by molar-refractivity contribution is -0.138. The number of hydrogen-bond donors (Lipinski definition) is 1. The Morgan fingerprint density at radius 2 is 1.82 bits per heavy atom. The summed E-state index contributed by atoms with van der Waals surface area (Å²) in [5.74, 6) is -0.0932. The first-order valence-electron chi connectivity index (χ1n) is 7.55. The van der Waals surface area contributed by atoms with Gasteiger partial charge in [0.1, 0.15) is 5.75 Å². The van der Waals surface area contributed by atoms with Crippen LogP contribution in [0.2, 0.25) is 0 Å². The van der Waals surface area contributed by atoms with Gasteiger partial charge >= 0.3 is 5.97 Å². The fourth-order valence-electron chi connectivity index (χ4n) is 2.29. The summed E-state index contributed by atoms with van der Waals surface area (Å²) in [5, 5.41) is 9.50. The lowest BCUT2D eigenvalue weighted by Gasteiger charge is -2.14. The van der Waals surface area contributed by atoms with Crippen LogP contribution in [0.15, 0.2) is 54.6 Å². The molecule has 0 radical (unpaired) electrons. The number of rotatable bonds is 7. The second-order valence-corrected chi connectivity index (χ2v) is 5.86. The topological polar surface area (TPSA) is 46.5 Å². The Kier molecular flexibility index (Phi) is 5.59. The number of benzene rings is 2. The van der Waals surface area contributed by atoms with Gasteiger partial charge < -0.3 is 9.84 Å². The second-order valence-electron chi connectivity index (χ2n) is 5.86. The van der Waals surface area contributed by atoms with Crippen molar-refractivity contribution in [3.8, 4) is 5.75 Å². The van der Waals surface area contributed by atoms with E-state index in [-0.39, 0.29) is 0 Å². The highest BCUT2D eigenvalue weighted by Gasteiger charge is 2.20. The van der Waals surface area contributed by atoms with Gasteiger partial charge in [0.15, 0.2) is 0 Å². The number of ether oxygens (including phenoxy) is 1. The van der Waals surface area contributed by atoms with E-state index >= 15 is 0 Å². The Morgan fingerprint density at radius 3 is 2.45 bits per heavy atom. The van der Waals surface area contributed by atoms with Gasteiger partial charge in [-0.25, -0.2) is 0 Å². The number of carbonyl (C=O) groups is 1. The summed E-state index contributed by atoms with van der Waals surface area (Å²) in [7, 11) is 0. The molecule has 0 saturated heterocycles. The van der Waals surface area contributed by atoms with E-state index in [4.69, 9.17) is 4.74 Å². The first-order valence-corrected chi connectivity index (χ1v) is 7.55. The molecule has 2 aromatic rings. The summed E-state index contributed by atoms with van der Waals surface area (Å²) in [6, 6.07) is 17.0. The van der Waals surface area contributed by atoms with Gasteiger partial charge in [-0.15, -0.1) is 0 Å². The van der Waals surface area contributed by atoms with E-state index in [0.29, 0.717) is 18.9 Å². The van der Waals surface area contributed by atoms with Crippen LogP contribution in [0.1, 0.15) is 30.9 Å². The predicted octanol–water partition coefficient (Wildman–Crippen LogP) is 4.13. The molecule has 2 aromatic carbocycles. The molecule has 1 N–H and O–H groups in total. The molecule has 0 saturated carbocycles. The maximum absolute atomic E-state index is 11.6. The zero-order valence-corrected chi connectivity index (χ0v) is 13.0. The van der Waals surface area contributed by atoms with Crippen LogP contribution < -0.4 is 4.74 Å². The number of hydrogen-bond acceptors (Lipinski definition) is 2. The van der Waals surface area contributed by atoms with E-state index < -0.39 is 11.9 Å². The highest BCUT2D eigenvalue weighted by atomic mass is 16.5. The van der Waals surface area contributed by atoms with Crippen LogP contribution in [-0.2, 0) is 11.2 Å². The molecular formula is C19H22O3. The molecule has 1 atom stereocenters. The molecule has 0 spiro atoms. The molecule has 22 heavy (non-hydrogen) atoms. The molecule has 0 aromatic heterocycles. The molecule has 2 rings (SSSR count). The van der Waals surface area contributed by atoms with Gasteiger partial charge in [-0.05, 0) is 35.6 Å². The Labute approximate surface area is 131 Å². The fraction of sp³-hybridized carbons (Fsp3) is 0.316. The van der Waals surface area contributed by atoms with Crippen LogP contribution in [-0.4, -0.2) is 17.7 Å². The summed E-state index contributed by atoms with van der Waals surface area (Å²) in [5.41, 5.74) is 1.79. The minimum atomic E-state index is -0.806. The van der Waals surface area contributed by atoms with Crippen molar-refractivity contribution in [3.63, 3.8) is 0 Å². The standard InChI is InChI=1S/C19H22O3/c1-14(2)13-22-17-10-6-7-15(11-17)12-18(19(20)21)16-8-4-3-5-9-16/h3-11,14,18H,12-13H2,1-2H3,(H,20,21). The van der Waals surface area contributed by atoms with Gasteiger partial charge in [-0.1, -0.05) is 56.3 Å². The third-order valence-electron chi connectivity index (χ3n) is 3.42. The molecule has 0 aliphatic heterocycles. The summed E-state index contributed by atoms with van der Waals surface area (Å²) in [6.45, 7) is 4.85. The Balaban J connectivity index is 2.13. The first-order chi connectivity index (χ1) is 10.6. The predicted molar refractivity (Wildman–Crippen MR) is 87.3 cm³/mol. The van der Waals surface area contributed by atoms with Crippen LogP contribution in [0, 0.1) is 5.92 Å². The molecule has 0 fully saturated rings. The smallest absolute Gasteiger partial charge is 0.311 e. The van der Waals surface area contributed by atoms with E-state index in [9.17, 15) is 9.90 Å². The van der Waals surface area contributed by atoms with Crippen molar-refractivity contribution < 1.29 is 14.6 Å². The van der Waals surface area contributed by atoms with Crippen LogP contribution in [0.25, 0.3) is 0 Å². The van der Waals surface area contributed by atoms with Crippen LogP contribution in [0.3, 0.4) is 0 Å². The molecule has 0 heterocycles. The van der Waals surface area contributed by atoms with Crippen LogP contribution in [0.4, 0.5) is 0 Å². The molecule has 116 valence electrons. The molecule has 3 nitrogen and oxygen atoms in total. The Hall–Kier alpha value is -2.29. The summed E-state index contributed by atoms with van der Waals surface area (Å²) in [6.07, 6.45) is 0.457. The van der Waals surface area contributed by atoms with Crippen molar-refractivity contribution >= 4 is 5.97 Å². The molecule has 0 bridgehead atoms. The lowest BCUT2D eigenvalue weighted by atomic mass is 9.92. The second kappa shape index (κ2) is 7.64. The summed E-state index contributed by atoms with van der Waals surface area (Å²) < 4.78 is 5.71. The fourth-order valence-corrected chi connectivity index (χ4v) is 2.29. The Bertz CT molecular complexity index is 605. The molecular weight excluding hydrogens is 276 g/mol. The minimum absolute atomic E-state index is 0.457. The van der Waals surface area contributed by atoms with Crippen molar-refractivity contribution in [1.29, 1.82) is 0 Å². The van der Waals surface area contributed by atoms with E-state index in [0.717, 1.165) is 16.9 Å². The van der Waals surface area contributed by atoms with Gasteiger partial charge in [-0.2, -0.15) is 0 Å². The lowest BCUT2D eigenvalue weighted by Crippen LogP contribution is -2.14. The van der Waals surface area contributed by atoms with Crippen LogP contribution in [0.5, 0.6) is 5.75 Å². The number of aliphatic carboxylic acids is 1. The van der Waals surface area contributed by atoms with Crippen molar-refractivity contribution in [1.82, 2.24) is 0 Å². The van der Waals surface area contributed by atoms with Gasteiger partial charge in [0.25, 0.3) is 0 Å². The normalized spacial score (nSPS) is 12.1. The average molecular weight is 298 g/mol. The minimum Gasteiger partial charge on any atom is -0.493 e. The van der Waals surface area contributed by atoms with E-state index in [1.165, 1.54) is 0 Å². The van der Waals surface area contributed by atoms with E-state index in [2.05, 4.69) is 13.8 Å². The maximum Gasteiger partial charge on any atom is 0.311 e. The molecule has 3 heteroatoms. The van der Waals surface area contributed by atoms with Crippen molar-refractivity contribution in [2.45, 2.75) is 26.2 Å². The van der Waals surface area contributed by atoms with Gasteiger partial charge in [-0.3, -0.25) is 4.79 Å². The van der Waals surface area contributed by atoms with Crippen molar-refractivity contribution in [2.24, 2.45) is 5.92 Å². The first kappa shape index (κ1) is 16.1. The highest BCUT2D eigenvalue weighted by Crippen LogP contribution is 2.23. The monoisotopic (exact) mass is 298 g/mol. The largest absolute Gasteiger partial charge is 0.493 e. The molecule has 1 unspecified atom stereocenters. The van der Waals surface area contributed by atoms with Gasteiger partial charge in [0.05, 0.1) is 12.5 Å². The molecule has 0 amide bonds. The SMILES string of the molecule is CC(C)COc1cccc(CC(C(=O)O)c2ccccc2)c1. The summed E-state index contributed by atoms with van der Waals surface area (Å²) >= 11 is 0. The third kappa shape index (κ3) is 4.62. The van der Waals surface area contributed by atoms with Gasteiger partial charge in [0, 0.05) is 0 Å². The number of carboxylic acid groups (broad SMARTS) is 1. The quantitative estimate of drug-likeness (QED) is 0.836. The highest BCUT2D eigenvalue weighted by molar-refractivity contribution is 5.76. The van der Waals surface area contributed by atoms with E-state index in [1.54, 1.807) is 0 Å². The average Bonchev–Trinajstić information content (AvgIpc) is 2.51. The Morgan fingerprint density at radius 1 is 1.09 bits per heavy atom.